The fourth-order valence-corrected chi connectivity index (χ4v) is 3.89. The number of hydrogen-bond donors (Lipinski definition) is 1. The first-order valence-corrected chi connectivity index (χ1v) is 9.35. The largest absolute Gasteiger partial charge is 0.508 e. The maximum Gasteiger partial charge on any atom is 0.117 e. The van der Waals surface area contributed by atoms with E-state index in [1.54, 1.807) is 7.11 Å². The van der Waals surface area contributed by atoms with Crippen molar-refractivity contribution in [3.05, 3.63) is 71.8 Å². The van der Waals surface area contributed by atoms with Crippen LogP contribution in [0, 0.1) is 0 Å². The summed E-state index contributed by atoms with van der Waals surface area (Å²) >= 11 is 0. The van der Waals surface area contributed by atoms with E-state index in [2.05, 4.69) is 40.9 Å². The van der Waals surface area contributed by atoms with Crippen LogP contribution in [0.1, 0.15) is 24.1 Å². The van der Waals surface area contributed by atoms with E-state index in [0.29, 0.717) is 5.57 Å². The lowest BCUT2D eigenvalue weighted by Gasteiger charge is -2.33. The van der Waals surface area contributed by atoms with Gasteiger partial charge in [0.2, 0.25) is 0 Å². The van der Waals surface area contributed by atoms with Gasteiger partial charge in [-0.05, 0) is 36.5 Å². The minimum Gasteiger partial charge on any atom is -0.508 e. The molecule has 0 amide bonds. The van der Waals surface area contributed by atoms with Gasteiger partial charge in [0.25, 0.3) is 0 Å². The summed E-state index contributed by atoms with van der Waals surface area (Å²) in [6, 6.07) is 6.43. The number of rotatable bonds is 6. The molecular weight excluding hydrogens is 338 g/mol. The van der Waals surface area contributed by atoms with Crippen LogP contribution < -0.4 is 0 Å². The Balaban J connectivity index is 1.73. The molecule has 0 aliphatic carbocycles. The maximum atomic E-state index is 9.82. The molecule has 0 saturated carbocycles. The number of methoxy groups -OCH3 is 1. The zero-order chi connectivity index (χ0) is 19.0. The SMILES string of the molecule is C=C(O)C1=CN2CCn3nc4c(CCCCOC)cccc4c3C2=CC1=C. The molecule has 2 aliphatic rings. The summed E-state index contributed by atoms with van der Waals surface area (Å²) in [4.78, 5) is 2.16. The molecule has 2 aliphatic heterocycles. The molecule has 0 fully saturated rings. The predicted octanol–water partition coefficient (Wildman–Crippen LogP) is 4.19. The van der Waals surface area contributed by atoms with Crippen molar-refractivity contribution in [1.29, 1.82) is 0 Å². The molecule has 1 N–H and O–H groups in total. The van der Waals surface area contributed by atoms with Crippen molar-refractivity contribution in [3.63, 3.8) is 0 Å². The van der Waals surface area contributed by atoms with Gasteiger partial charge in [-0.3, -0.25) is 4.68 Å². The molecule has 0 saturated heterocycles. The highest BCUT2D eigenvalue weighted by Gasteiger charge is 2.28. The van der Waals surface area contributed by atoms with E-state index >= 15 is 0 Å². The fourth-order valence-electron chi connectivity index (χ4n) is 3.89. The number of aliphatic hydroxyl groups excluding tert-OH is 1. The minimum atomic E-state index is 0.0533. The quantitative estimate of drug-likeness (QED) is 0.618. The molecule has 0 spiro atoms. The number of unbranched alkanes of at least 4 members (excludes halogenated alkanes) is 1. The van der Waals surface area contributed by atoms with Crippen molar-refractivity contribution in [2.45, 2.75) is 25.8 Å². The van der Waals surface area contributed by atoms with Crippen LogP contribution in [0.5, 0.6) is 0 Å². The molecule has 1 aromatic carbocycles. The summed E-state index contributed by atoms with van der Waals surface area (Å²) in [5.41, 5.74) is 6.03. The highest BCUT2D eigenvalue weighted by molar-refractivity contribution is 5.93. The Hall–Kier alpha value is -2.79. The number of benzene rings is 1. The van der Waals surface area contributed by atoms with Crippen LogP contribution in [-0.4, -0.2) is 40.0 Å². The molecule has 2 aromatic rings. The number of aliphatic hydroxyl groups is 1. The Morgan fingerprint density at radius 3 is 2.93 bits per heavy atom. The van der Waals surface area contributed by atoms with Crippen molar-refractivity contribution >= 4 is 16.6 Å². The number of allylic oxidation sites excluding steroid dienone is 2. The molecule has 0 atom stereocenters. The Kier molecular flexibility index (Phi) is 4.62. The molecule has 0 unspecified atom stereocenters. The number of nitrogens with zero attached hydrogens (tertiary/aromatic N) is 3. The summed E-state index contributed by atoms with van der Waals surface area (Å²) in [5.74, 6) is 0.0533. The van der Waals surface area contributed by atoms with Crippen molar-refractivity contribution < 1.29 is 9.84 Å². The normalized spacial score (nSPS) is 16.0. The third-order valence-electron chi connectivity index (χ3n) is 5.26. The number of fused-ring (bicyclic) bond motifs is 5. The maximum absolute atomic E-state index is 9.82. The Labute approximate surface area is 159 Å². The number of aromatic nitrogens is 2. The average molecular weight is 363 g/mol. The second-order valence-electron chi connectivity index (χ2n) is 7.07. The van der Waals surface area contributed by atoms with Gasteiger partial charge in [0.05, 0.1) is 23.5 Å². The minimum absolute atomic E-state index is 0.0533. The standard InChI is InChI=1S/C22H25N3O2/c1-15-13-20-22-18-9-6-8-17(7-4-5-12-27-3)21(18)23-25(22)11-10-24(20)14-19(15)16(2)26/h6,8-9,13-14,26H,1-2,4-5,7,10-12H2,3H3. The molecule has 3 heterocycles. The van der Waals surface area contributed by atoms with E-state index in [9.17, 15) is 5.11 Å². The van der Waals surface area contributed by atoms with Crippen LogP contribution in [0.4, 0.5) is 0 Å². The van der Waals surface area contributed by atoms with Crippen molar-refractivity contribution in [1.82, 2.24) is 14.7 Å². The van der Waals surface area contributed by atoms with Gasteiger partial charge in [-0.1, -0.05) is 31.4 Å². The lowest BCUT2D eigenvalue weighted by Crippen LogP contribution is -2.31. The smallest absolute Gasteiger partial charge is 0.117 e. The molecule has 4 rings (SSSR count). The van der Waals surface area contributed by atoms with E-state index in [1.165, 1.54) is 10.9 Å². The summed E-state index contributed by atoms with van der Waals surface area (Å²) < 4.78 is 7.26. The van der Waals surface area contributed by atoms with Gasteiger partial charge >= 0.3 is 0 Å². The van der Waals surface area contributed by atoms with Gasteiger partial charge in [0.15, 0.2) is 0 Å². The first-order chi connectivity index (χ1) is 13.1. The van der Waals surface area contributed by atoms with Crippen LogP contribution in [0.15, 0.2) is 60.5 Å². The molecule has 27 heavy (non-hydrogen) atoms. The van der Waals surface area contributed by atoms with E-state index in [4.69, 9.17) is 9.84 Å². The monoisotopic (exact) mass is 363 g/mol. The average Bonchev–Trinajstić information content (AvgIpc) is 3.04. The van der Waals surface area contributed by atoms with Crippen molar-refractivity contribution in [3.8, 4) is 0 Å². The van der Waals surface area contributed by atoms with Crippen molar-refractivity contribution in [2.75, 3.05) is 20.3 Å². The van der Waals surface area contributed by atoms with E-state index in [1.807, 2.05) is 12.3 Å². The van der Waals surface area contributed by atoms with Gasteiger partial charge < -0.3 is 14.7 Å². The van der Waals surface area contributed by atoms with Gasteiger partial charge in [-0.15, -0.1) is 0 Å². The van der Waals surface area contributed by atoms with E-state index in [-0.39, 0.29) is 5.76 Å². The van der Waals surface area contributed by atoms with Gasteiger partial charge in [0, 0.05) is 37.4 Å². The molecule has 1 aromatic heterocycles. The predicted molar refractivity (Wildman–Crippen MR) is 108 cm³/mol. The Morgan fingerprint density at radius 1 is 1.30 bits per heavy atom. The van der Waals surface area contributed by atoms with E-state index < -0.39 is 0 Å². The molecule has 0 radical (unpaired) electrons. The zero-order valence-electron chi connectivity index (χ0n) is 15.7. The van der Waals surface area contributed by atoms with E-state index in [0.717, 1.165) is 61.4 Å². The van der Waals surface area contributed by atoms with Crippen LogP contribution in [0.3, 0.4) is 0 Å². The first kappa shape index (κ1) is 17.6. The highest BCUT2D eigenvalue weighted by Crippen LogP contribution is 2.37. The Morgan fingerprint density at radius 2 is 2.15 bits per heavy atom. The third kappa shape index (κ3) is 3.08. The Bertz CT molecular complexity index is 981. The van der Waals surface area contributed by atoms with Crippen molar-refractivity contribution in [2.24, 2.45) is 0 Å². The van der Waals surface area contributed by atoms with Crippen LogP contribution in [0.2, 0.25) is 0 Å². The third-order valence-corrected chi connectivity index (χ3v) is 5.26. The topological polar surface area (TPSA) is 50.5 Å². The summed E-state index contributed by atoms with van der Waals surface area (Å²) in [7, 11) is 1.74. The molecule has 5 nitrogen and oxygen atoms in total. The van der Waals surface area contributed by atoms with Gasteiger partial charge in [-0.2, -0.15) is 5.10 Å². The number of ether oxygens (including phenoxy) is 1. The number of aryl methyl sites for hydroxylation is 1. The lowest BCUT2D eigenvalue weighted by atomic mass is 9.98. The van der Waals surface area contributed by atoms with Gasteiger partial charge in [0.1, 0.15) is 5.76 Å². The molecular formula is C22H25N3O2. The van der Waals surface area contributed by atoms with Crippen LogP contribution in [0.25, 0.3) is 16.6 Å². The lowest BCUT2D eigenvalue weighted by molar-refractivity contribution is 0.193. The summed E-state index contributed by atoms with van der Waals surface area (Å²) in [5, 5.41) is 15.9. The first-order valence-electron chi connectivity index (χ1n) is 9.35. The summed E-state index contributed by atoms with van der Waals surface area (Å²) in [6.07, 6.45) is 7.11. The second-order valence-corrected chi connectivity index (χ2v) is 7.07. The highest BCUT2D eigenvalue weighted by atomic mass is 16.5. The summed E-state index contributed by atoms with van der Waals surface area (Å²) in [6.45, 7) is 10.1. The van der Waals surface area contributed by atoms with Gasteiger partial charge in [-0.25, -0.2) is 0 Å². The zero-order valence-corrected chi connectivity index (χ0v) is 15.7. The molecule has 140 valence electrons. The number of hydrogen-bond acceptors (Lipinski definition) is 4. The van der Waals surface area contributed by atoms with Crippen LogP contribution >= 0.6 is 0 Å². The second kappa shape index (κ2) is 7.08. The van der Waals surface area contributed by atoms with Crippen LogP contribution in [-0.2, 0) is 17.7 Å². The molecule has 0 bridgehead atoms. The molecule has 5 heteroatoms. The fraction of sp³-hybridized carbons (Fsp3) is 0.318.